The van der Waals surface area contributed by atoms with E-state index >= 15 is 0 Å². The molecule has 2 aromatic rings. The van der Waals surface area contributed by atoms with Gasteiger partial charge in [-0.3, -0.25) is 0 Å². The van der Waals surface area contributed by atoms with Gasteiger partial charge in [-0.05, 0) is 24.1 Å². The minimum absolute atomic E-state index is 0.0678. The predicted molar refractivity (Wildman–Crippen MR) is 84.3 cm³/mol. The number of hydrogen-bond acceptors (Lipinski definition) is 3. The minimum atomic E-state index is -1.09. The lowest BCUT2D eigenvalue weighted by Crippen LogP contribution is -2.10. The van der Waals surface area contributed by atoms with Crippen LogP contribution in [-0.4, -0.2) is 24.2 Å². The zero-order chi connectivity index (χ0) is 16.1. The van der Waals surface area contributed by atoms with Gasteiger partial charge >= 0.3 is 11.9 Å². The van der Waals surface area contributed by atoms with Crippen molar-refractivity contribution in [2.24, 2.45) is 0 Å². The highest BCUT2D eigenvalue weighted by molar-refractivity contribution is 6.26. The highest BCUT2D eigenvalue weighted by atomic mass is 16.5. The number of carboxylic acids is 1. The van der Waals surface area contributed by atoms with Crippen LogP contribution >= 0.6 is 0 Å². The van der Waals surface area contributed by atoms with Crippen LogP contribution in [0.4, 0.5) is 0 Å². The second-order valence-corrected chi connectivity index (χ2v) is 4.71. The molecule has 2 rings (SSSR count). The Morgan fingerprint density at radius 2 is 1.45 bits per heavy atom. The van der Waals surface area contributed by atoms with E-state index in [2.05, 4.69) is 0 Å². The molecule has 0 radical (unpaired) electrons. The molecule has 0 aliphatic carbocycles. The minimum Gasteiger partial charge on any atom is -0.478 e. The Bertz CT molecular complexity index is 730. The van der Waals surface area contributed by atoms with E-state index in [1.165, 1.54) is 13.2 Å². The quantitative estimate of drug-likeness (QED) is 0.533. The number of carbonyl (C=O) groups is 2. The number of carboxylic acid groups (broad SMARTS) is 1. The number of methoxy groups -OCH3 is 1. The topological polar surface area (TPSA) is 63.6 Å². The molecule has 2 aromatic carbocycles. The Morgan fingerprint density at radius 3 is 2.00 bits per heavy atom. The number of benzene rings is 2. The Labute approximate surface area is 128 Å². The normalized spacial score (nSPS) is 11.5. The summed E-state index contributed by atoms with van der Waals surface area (Å²) in [4.78, 5) is 23.7. The number of ether oxygens (including phenoxy) is 1. The third-order valence-electron chi connectivity index (χ3n) is 3.40. The number of rotatable bonds is 4. The average Bonchev–Trinajstić information content (AvgIpc) is 2.55. The third-order valence-corrected chi connectivity index (χ3v) is 3.40. The van der Waals surface area contributed by atoms with Gasteiger partial charge in [0, 0.05) is 5.56 Å². The summed E-state index contributed by atoms with van der Waals surface area (Å²) >= 11 is 0. The lowest BCUT2D eigenvalue weighted by Gasteiger charge is -2.13. The van der Waals surface area contributed by atoms with Crippen LogP contribution in [-0.2, 0) is 9.53 Å². The maximum absolute atomic E-state index is 12.2. The number of aromatic carboxylic acids is 1. The van der Waals surface area contributed by atoms with Crippen LogP contribution in [0, 0.1) is 0 Å². The second-order valence-electron chi connectivity index (χ2n) is 4.71. The van der Waals surface area contributed by atoms with Crippen molar-refractivity contribution in [3.05, 3.63) is 71.3 Å². The van der Waals surface area contributed by atoms with Gasteiger partial charge in [0.25, 0.3) is 0 Å². The van der Waals surface area contributed by atoms with Crippen molar-refractivity contribution in [2.75, 3.05) is 7.11 Å². The summed E-state index contributed by atoms with van der Waals surface area (Å²) < 4.78 is 4.85. The summed E-state index contributed by atoms with van der Waals surface area (Å²) in [7, 11) is 1.28. The Balaban J connectivity index is 2.73. The Hall–Kier alpha value is -2.88. The summed E-state index contributed by atoms with van der Waals surface area (Å²) in [6, 6.07) is 15.7. The SMILES string of the molecule is COC(=O)/C(=C(/C)c1ccccc1)c1ccccc1C(=O)O. The van der Waals surface area contributed by atoms with Crippen LogP contribution in [0.2, 0.25) is 0 Å². The van der Waals surface area contributed by atoms with Crippen LogP contribution in [0.15, 0.2) is 54.6 Å². The molecule has 0 amide bonds. The predicted octanol–water partition coefficient (Wildman–Crippen LogP) is 3.49. The molecule has 0 unspecified atom stereocenters. The molecule has 4 nitrogen and oxygen atoms in total. The van der Waals surface area contributed by atoms with Gasteiger partial charge in [0.1, 0.15) is 0 Å². The fourth-order valence-electron chi connectivity index (χ4n) is 2.29. The van der Waals surface area contributed by atoms with E-state index in [1.807, 2.05) is 30.3 Å². The van der Waals surface area contributed by atoms with E-state index in [0.29, 0.717) is 11.1 Å². The Morgan fingerprint density at radius 1 is 0.909 bits per heavy atom. The van der Waals surface area contributed by atoms with Crippen LogP contribution in [0.1, 0.15) is 28.4 Å². The molecule has 0 aromatic heterocycles. The molecular formula is C18H16O4. The molecule has 0 heterocycles. The van der Waals surface area contributed by atoms with Crippen molar-refractivity contribution in [3.8, 4) is 0 Å². The van der Waals surface area contributed by atoms with Crippen molar-refractivity contribution in [1.82, 2.24) is 0 Å². The van der Waals surface area contributed by atoms with Crippen LogP contribution in [0.5, 0.6) is 0 Å². The van der Waals surface area contributed by atoms with Gasteiger partial charge < -0.3 is 9.84 Å². The molecule has 4 heteroatoms. The molecule has 0 bridgehead atoms. The second kappa shape index (κ2) is 6.72. The van der Waals surface area contributed by atoms with Gasteiger partial charge in [-0.1, -0.05) is 48.5 Å². The van der Waals surface area contributed by atoms with E-state index in [4.69, 9.17) is 4.74 Å². The molecular weight excluding hydrogens is 280 g/mol. The first-order valence-electron chi connectivity index (χ1n) is 6.73. The molecule has 0 aliphatic rings. The lowest BCUT2D eigenvalue weighted by atomic mass is 9.92. The van der Waals surface area contributed by atoms with E-state index in [9.17, 15) is 14.7 Å². The summed E-state index contributed by atoms with van der Waals surface area (Å²) in [6.45, 7) is 1.78. The van der Waals surface area contributed by atoms with Crippen molar-refractivity contribution < 1.29 is 19.4 Å². The van der Waals surface area contributed by atoms with Crippen molar-refractivity contribution in [3.63, 3.8) is 0 Å². The molecule has 0 aliphatic heterocycles. The molecule has 0 spiro atoms. The highest BCUT2D eigenvalue weighted by Crippen LogP contribution is 2.29. The first-order valence-corrected chi connectivity index (χ1v) is 6.73. The number of hydrogen-bond donors (Lipinski definition) is 1. The molecule has 0 fully saturated rings. The average molecular weight is 296 g/mol. The fourth-order valence-corrected chi connectivity index (χ4v) is 2.29. The summed E-state index contributed by atoms with van der Waals surface area (Å²) in [5.41, 5.74) is 2.18. The van der Waals surface area contributed by atoms with Crippen LogP contribution in [0.25, 0.3) is 11.1 Å². The van der Waals surface area contributed by atoms with Crippen LogP contribution in [0.3, 0.4) is 0 Å². The lowest BCUT2D eigenvalue weighted by molar-refractivity contribution is -0.133. The maximum Gasteiger partial charge on any atom is 0.338 e. The van der Waals surface area contributed by atoms with E-state index in [0.717, 1.165) is 5.56 Å². The zero-order valence-corrected chi connectivity index (χ0v) is 12.4. The van der Waals surface area contributed by atoms with Gasteiger partial charge in [-0.25, -0.2) is 9.59 Å². The zero-order valence-electron chi connectivity index (χ0n) is 12.4. The monoisotopic (exact) mass is 296 g/mol. The summed E-state index contributed by atoms with van der Waals surface area (Å²) in [6.07, 6.45) is 0. The maximum atomic E-state index is 12.2. The van der Waals surface area contributed by atoms with Gasteiger partial charge in [0.05, 0.1) is 18.2 Å². The van der Waals surface area contributed by atoms with Gasteiger partial charge in [-0.15, -0.1) is 0 Å². The van der Waals surface area contributed by atoms with Gasteiger partial charge in [-0.2, -0.15) is 0 Å². The number of carbonyl (C=O) groups excluding carboxylic acids is 1. The van der Waals surface area contributed by atoms with Crippen LogP contribution < -0.4 is 0 Å². The van der Waals surface area contributed by atoms with E-state index in [-0.39, 0.29) is 11.1 Å². The molecule has 0 saturated carbocycles. The number of allylic oxidation sites excluding steroid dienone is 1. The number of esters is 1. The standard InChI is InChI=1S/C18H16O4/c1-12(13-8-4-3-5-9-13)16(18(21)22-2)14-10-6-7-11-15(14)17(19)20/h3-11H,1-2H3,(H,19,20)/b16-12-. The molecule has 0 atom stereocenters. The summed E-state index contributed by atoms with van der Waals surface area (Å²) in [5.74, 6) is -1.65. The highest BCUT2D eigenvalue weighted by Gasteiger charge is 2.22. The molecule has 0 saturated heterocycles. The largest absolute Gasteiger partial charge is 0.478 e. The van der Waals surface area contributed by atoms with Crippen molar-refractivity contribution in [1.29, 1.82) is 0 Å². The first kappa shape index (κ1) is 15.5. The Kier molecular flexibility index (Phi) is 4.73. The molecule has 1 N–H and O–H groups in total. The van der Waals surface area contributed by atoms with Gasteiger partial charge in [0.15, 0.2) is 0 Å². The summed E-state index contributed by atoms with van der Waals surface area (Å²) in [5, 5.41) is 9.35. The van der Waals surface area contributed by atoms with Crippen molar-refractivity contribution in [2.45, 2.75) is 6.92 Å². The van der Waals surface area contributed by atoms with Crippen molar-refractivity contribution >= 4 is 23.1 Å². The molecule has 112 valence electrons. The van der Waals surface area contributed by atoms with E-state index in [1.54, 1.807) is 25.1 Å². The van der Waals surface area contributed by atoms with Gasteiger partial charge in [0.2, 0.25) is 0 Å². The molecule has 22 heavy (non-hydrogen) atoms. The van der Waals surface area contributed by atoms with E-state index < -0.39 is 11.9 Å². The third kappa shape index (κ3) is 3.06. The smallest absolute Gasteiger partial charge is 0.338 e. The fraction of sp³-hybridized carbons (Fsp3) is 0.111. The first-order chi connectivity index (χ1) is 10.6.